The molecule has 0 fully saturated rings. The number of pyridine rings is 1. The topological polar surface area (TPSA) is 107 Å². The number of rotatable bonds is 14. The van der Waals surface area contributed by atoms with Crippen LogP contribution in [0, 0.1) is 0 Å². The van der Waals surface area contributed by atoms with Crippen LogP contribution in [0.25, 0.3) is 10.9 Å². The number of H-pyrrole nitrogens is 1. The van der Waals surface area contributed by atoms with E-state index in [1.54, 1.807) is 12.1 Å². The van der Waals surface area contributed by atoms with Crippen molar-refractivity contribution < 1.29 is 14.6 Å². The number of aromatic amines is 1. The molecule has 262 valence electrons. The van der Waals surface area contributed by atoms with Gasteiger partial charge >= 0.3 is 0 Å². The van der Waals surface area contributed by atoms with Gasteiger partial charge in [-0.1, -0.05) is 91.0 Å². The van der Waals surface area contributed by atoms with Gasteiger partial charge in [0.25, 0.3) is 0 Å². The molecule has 0 radical (unpaired) electrons. The average Bonchev–Trinajstić information content (AvgIpc) is 3.51. The maximum atomic E-state index is 12.4. The van der Waals surface area contributed by atoms with Crippen LogP contribution < -0.4 is 20.9 Å². The van der Waals surface area contributed by atoms with E-state index >= 15 is 0 Å². The molecule has 0 saturated heterocycles. The molecule has 6 aromatic rings. The van der Waals surface area contributed by atoms with Crippen LogP contribution in [0.15, 0.2) is 150 Å². The minimum absolute atomic E-state index is 0.0491. The summed E-state index contributed by atoms with van der Waals surface area (Å²) >= 11 is 0. The Morgan fingerprint density at radius 3 is 2.12 bits per heavy atom. The third kappa shape index (κ3) is 8.49. The normalized spacial score (nSPS) is 14.6. The zero-order valence-electron chi connectivity index (χ0n) is 29.1. The number of nitrogens with zero attached hydrogens (tertiary/aromatic N) is 1. The Morgan fingerprint density at radius 1 is 0.769 bits per heavy atom. The summed E-state index contributed by atoms with van der Waals surface area (Å²) in [6.45, 7) is 4.15. The van der Waals surface area contributed by atoms with Crippen molar-refractivity contribution in [1.82, 2.24) is 15.2 Å². The van der Waals surface area contributed by atoms with Crippen molar-refractivity contribution in [2.75, 3.05) is 18.4 Å². The average molecular weight is 691 g/mol. The predicted octanol–water partition coefficient (Wildman–Crippen LogP) is 7.75. The van der Waals surface area contributed by atoms with E-state index in [9.17, 15) is 14.7 Å². The summed E-state index contributed by atoms with van der Waals surface area (Å²) in [5.41, 5.74) is 8.50. The second-order valence-electron chi connectivity index (χ2n) is 13.3. The second-order valence-corrected chi connectivity index (χ2v) is 13.3. The number of hydrogen-bond donors (Lipinski definition) is 4. The van der Waals surface area contributed by atoms with Crippen LogP contribution in [0.5, 0.6) is 5.75 Å². The number of nitrogens with one attached hydrogen (secondary N) is 3. The largest absolute Gasteiger partial charge is 0.487 e. The predicted molar refractivity (Wildman–Crippen MR) is 207 cm³/mol. The number of anilines is 2. The van der Waals surface area contributed by atoms with E-state index in [2.05, 4.69) is 56.9 Å². The van der Waals surface area contributed by atoms with Gasteiger partial charge in [0.1, 0.15) is 12.4 Å². The van der Waals surface area contributed by atoms with Gasteiger partial charge in [-0.25, -0.2) is 0 Å². The Kier molecular flexibility index (Phi) is 10.6. The van der Waals surface area contributed by atoms with Crippen molar-refractivity contribution in [3.63, 3.8) is 0 Å². The maximum Gasteiger partial charge on any atom is 0.248 e. The fourth-order valence-electron chi connectivity index (χ4n) is 6.72. The van der Waals surface area contributed by atoms with Crippen molar-refractivity contribution in [1.29, 1.82) is 0 Å². The number of aliphatic hydroxyl groups is 1. The number of carbonyl (C=O) groups excluding carboxylic acids is 1. The summed E-state index contributed by atoms with van der Waals surface area (Å²) in [6, 6.07) is 43.6. The number of carbonyl (C=O) groups is 1. The van der Waals surface area contributed by atoms with Crippen molar-refractivity contribution >= 4 is 28.2 Å². The molecule has 0 spiro atoms. The first-order valence-corrected chi connectivity index (χ1v) is 17.6. The van der Waals surface area contributed by atoms with Crippen molar-refractivity contribution in [2.45, 2.75) is 38.6 Å². The van der Waals surface area contributed by atoms with E-state index in [4.69, 9.17) is 4.74 Å². The molecule has 1 aliphatic heterocycles. The summed E-state index contributed by atoms with van der Waals surface area (Å²) in [5, 5.41) is 18.9. The zero-order valence-corrected chi connectivity index (χ0v) is 29.1. The third-order valence-corrected chi connectivity index (χ3v) is 9.47. The molecule has 0 bridgehead atoms. The molecule has 2 heterocycles. The fourth-order valence-corrected chi connectivity index (χ4v) is 6.72. The zero-order chi connectivity index (χ0) is 35.9. The first kappa shape index (κ1) is 34.5. The van der Waals surface area contributed by atoms with Crippen molar-refractivity contribution in [3.05, 3.63) is 183 Å². The molecule has 1 aromatic heterocycles. The molecule has 7 rings (SSSR count). The lowest BCUT2D eigenvalue weighted by Gasteiger charge is -2.26. The molecule has 0 saturated carbocycles. The van der Waals surface area contributed by atoms with Crippen LogP contribution in [0.4, 0.5) is 11.4 Å². The van der Waals surface area contributed by atoms with Gasteiger partial charge in [-0.3, -0.25) is 14.5 Å². The summed E-state index contributed by atoms with van der Waals surface area (Å²) in [6.07, 6.45) is 1.65. The van der Waals surface area contributed by atoms with E-state index in [0.29, 0.717) is 31.0 Å². The lowest BCUT2D eigenvalue weighted by molar-refractivity contribution is -0.116. The van der Waals surface area contributed by atoms with Crippen LogP contribution in [-0.4, -0.2) is 34.0 Å². The molecule has 5 aromatic carbocycles. The number of aromatic nitrogens is 1. The number of benzene rings is 5. The number of hydrogen-bond acceptors (Lipinski definition) is 6. The Labute approximate surface area is 303 Å². The summed E-state index contributed by atoms with van der Waals surface area (Å²) in [4.78, 5) is 29.3. The number of amides is 1. The van der Waals surface area contributed by atoms with Crippen LogP contribution in [0.1, 0.15) is 46.9 Å². The minimum Gasteiger partial charge on any atom is -0.487 e. The maximum absolute atomic E-state index is 12.4. The van der Waals surface area contributed by atoms with Gasteiger partial charge in [0.05, 0.1) is 17.7 Å². The molecule has 4 N–H and O–H groups in total. The van der Waals surface area contributed by atoms with Gasteiger partial charge in [0, 0.05) is 48.5 Å². The Hall–Kier alpha value is -5.96. The van der Waals surface area contributed by atoms with Gasteiger partial charge in [0.2, 0.25) is 11.5 Å². The molecule has 0 aliphatic carbocycles. The molecular weight excluding hydrogens is 649 g/mol. The van der Waals surface area contributed by atoms with Gasteiger partial charge in [0.15, 0.2) is 0 Å². The van der Waals surface area contributed by atoms with Crippen LogP contribution >= 0.6 is 0 Å². The van der Waals surface area contributed by atoms with E-state index in [1.165, 1.54) is 17.2 Å². The highest BCUT2D eigenvalue weighted by Crippen LogP contribution is 2.31. The van der Waals surface area contributed by atoms with Gasteiger partial charge < -0.3 is 25.5 Å². The van der Waals surface area contributed by atoms with Crippen molar-refractivity contribution in [2.24, 2.45) is 0 Å². The number of ether oxygens (including phenoxy) is 1. The Morgan fingerprint density at radius 2 is 1.44 bits per heavy atom. The lowest BCUT2D eigenvalue weighted by atomic mass is 10.0. The quantitative estimate of drug-likeness (QED) is 0.0932. The molecule has 2 atom stereocenters. The molecule has 52 heavy (non-hydrogen) atoms. The highest BCUT2D eigenvalue weighted by atomic mass is 16.5. The number of fused-ring (bicyclic) bond motifs is 1. The van der Waals surface area contributed by atoms with Crippen LogP contribution in [0.2, 0.25) is 0 Å². The molecule has 8 nitrogen and oxygen atoms in total. The summed E-state index contributed by atoms with van der Waals surface area (Å²) in [5.74, 6) is 0.516. The number of aliphatic hydroxyl groups excluding tert-OH is 1. The molecule has 2 unspecified atom stereocenters. The molecular formula is C44H42N4O4. The highest BCUT2D eigenvalue weighted by molar-refractivity contribution is 5.92. The first-order chi connectivity index (χ1) is 25.4. The van der Waals surface area contributed by atoms with Crippen molar-refractivity contribution in [3.8, 4) is 5.75 Å². The Balaban J connectivity index is 1.02. The minimum atomic E-state index is -0.803. The third-order valence-electron chi connectivity index (χ3n) is 9.47. The standard InChI is InChI=1S/C44H42N4O4/c1-30-26-42(51)47-43(30)34-14-18-36(19-15-34)45-35-16-12-31(13-17-35)24-25-48(27-32-8-4-2-5-9-32)28-39(49)37-20-22-40(44-38(37)21-23-41(50)46-44)52-29-33-10-6-3-7-11-33/h2-23,26,39,43,45,49H,24-25,27-29H2,1H3,(H,46,50)(H,47,51). The van der Waals surface area contributed by atoms with Gasteiger partial charge in [-0.05, 0) is 83.1 Å². The van der Waals surface area contributed by atoms with E-state index in [1.807, 2.05) is 91.9 Å². The van der Waals surface area contributed by atoms with E-state index in [0.717, 1.165) is 52.0 Å². The first-order valence-electron chi connectivity index (χ1n) is 17.6. The summed E-state index contributed by atoms with van der Waals surface area (Å²) < 4.78 is 6.13. The van der Waals surface area contributed by atoms with E-state index < -0.39 is 6.10 Å². The highest BCUT2D eigenvalue weighted by Gasteiger charge is 2.22. The second kappa shape index (κ2) is 15.9. The smallest absolute Gasteiger partial charge is 0.248 e. The van der Waals surface area contributed by atoms with Gasteiger partial charge in [-0.2, -0.15) is 0 Å². The summed E-state index contributed by atoms with van der Waals surface area (Å²) in [7, 11) is 0. The monoisotopic (exact) mass is 690 g/mol. The van der Waals surface area contributed by atoms with Crippen LogP contribution in [-0.2, 0) is 24.4 Å². The SMILES string of the molecule is CC1=CC(=O)NC1c1ccc(Nc2ccc(CCN(Cc3ccccc3)CC(O)c3ccc(OCc4ccccc4)c4[nH]c(=O)ccc34)cc2)cc1. The molecule has 8 heteroatoms. The lowest BCUT2D eigenvalue weighted by Crippen LogP contribution is -2.30. The molecule has 1 aliphatic rings. The van der Waals surface area contributed by atoms with E-state index in [-0.39, 0.29) is 17.5 Å². The fraction of sp³-hybridized carbons (Fsp3) is 0.182. The Bertz CT molecular complexity index is 2220. The molecule has 1 amide bonds. The van der Waals surface area contributed by atoms with Gasteiger partial charge in [-0.15, -0.1) is 0 Å². The van der Waals surface area contributed by atoms with Crippen LogP contribution in [0.3, 0.4) is 0 Å².